The second-order valence-corrected chi connectivity index (χ2v) is 4.77. The highest BCUT2D eigenvalue weighted by atomic mass is 16.5. The summed E-state index contributed by atoms with van der Waals surface area (Å²) >= 11 is 0. The summed E-state index contributed by atoms with van der Waals surface area (Å²) in [6.07, 6.45) is 1.19. The predicted molar refractivity (Wildman–Crippen MR) is 62.3 cm³/mol. The summed E-state index contributed by atoms with van der Waals surface area (Å²) in [6.45, 7) is 4.34. The van der Waals surface area contributed by atoms with Crippen molar-refractivity contribution in [1.82, 2.24) is 10.1 Å². The minimum atomic E-state index is -0.968. The van der Waals surface area contributed by atoms with Crippen molar-refractivity contribution in [3.05, 3.63) is 17.5 Å². The van der Waals surface area contributed by atoms with Crippen molar-refractivity contribution < 1.29 is 19.2 Å². The maximum absolute atomic E-state index is 12.1. The summed E-state index contributed by atoms with van der Waals surface area (Å²) in [5.74, 6) is -1.07. The Labute approximate surface area is 105 Å². The molecule has 0 radical (unpaired) electrons. The van der Waals surface area contributed by atoms with Gasteiger partial charge in [-0.25, -0.2) is 4.79 Å². The van der Waals surface area contributed by atoms with Crippen LogP contribution in [0, 0.1) is 0 Å². The molecule has 0 saturated carbocycles. The van der Waals surface area contributed by atoms with E-state index in [1.807, 2.05) is 13.8 Å². The highest BCUT2D eigenvalue weighted by Crippen LogP contribution is 2.22. The summed E-state index contributed by atoms with van der Waals surface area (Å²) < 4.78 is 4.99. The number of aliphatic carboxylic acids is 1. The Hall–Kier alpha value is -1.85. The fraction of sp³-hybridized carbons (Fsp3) is 0.583. The van der Waals surface area contributed by atoms with E-state index in [0.717, 1.165) is 0 Å². The molecule has 1 aromatic heterocycles. The first-order chi connectivity index (χ1) is 8.50. The molecule has 0 bridgehead atoms. The summed E-state index contributed by atoms with van der Waals surface area (Å²) in [5, 5.41) is 12.8. The SMILES string of the molecule is CC(C)c1cc(C(=O)N2CCCC2C(=O)O)on1. The minimum Gasteiger partial charge on any atom is -0.480 e. The van der Waals surface area contributed by atoms with Crippen molar-refractivity contribution in [2.24, 2.45) is 0 Å². The van der Waals surface area contributed by atoms with Crippen LogP contribution in [-0.2, 0) is 4.79 Å². The third-order valence-corrected chi connectivity index (χ3v) is 3.13. The number of hydrogen-bond donors (Lipinski definition) is 1. The first kappa shape index (κ1) is 12.6. The van der Waals surface area contributed by atoms with Crippen molar-refractivity contribution in [3.8, 4) is 0 Å². The zero-order valence-electron chi connectivity index (χ0n) is 10.4. The molecule has 1 aliphatic rings. The summed E-state index contributed by atoms with van der Waals surface area (Å²) in [6, 6.07) is 0.842. The van der Waals surface area contributed by atoms with Gasteiger partial charge in [0.15, 0.2) is 0 Å². The molecule has 98 valence electrons. The Morgan fingerprint density at radius 1 is 1.56 bits per heavy atom. The van der Waals surface area contributed by atoms with E-state index >= 15 is 0 Å². The van der Waals surface area contributed by atoms with Gasteiger partial charge in [0.05, 0.1) is 5.69 Å². The van der Waals surface area contributed by atoms with E-state index < -0.39 is 12.0 Å². The molecule has 18 heavy (non-hydrogen) atoms. The quantitative estimate of drug-likeness (QED) is 0.881. The number of nitrogens with zero attached hydrogens (tertiary/aromatic N) is 2. The Balaban J connectivity index is 2.17. The lowest BCUT2D eigenvalue weighted by molar-refractivity contribution is -0.141. The molecule has 1 aromatic rings. The van der Waals surface area contributed by atoms with Gasteiger partial charge in [-0.05, 0) is 18.8 Å². The van der Waals surface area contributed by atoms with E-state index in [4.69, 9.17) is 9.63 Å². The first-order valence-corrected chi connectivity index (χ1v) is 6.01. The predicted octanol–water partition coefficient (Wildman–Crippen LogP) is 1.49. The van der Waals surface area contributed by atoms with Crippen molar-refractivity contribution in [2.75, 3.05) is 6.54 Å². The van der Waals surface area contributed by atoms with Crippen molar-refractivity contribution in [3.63, 3.8) is 0 Å². The van der Waals surface area contributed by atoms with E-state index in [1.165, 1.54) is 4.90 Å². The lowest BCUT2D eigenvalue weighted by Gasteiger charge is -2.19. The smallest absolute Gasteiger partial charge is 0.326 e. The van der Waals surface area contributed by atoms with Gasteiger partial charge in [0.1, 0.15) is 6.04 Å². The summed E-state index contributed by atoms with van der Waals surface area (Å²) in [4.78, 5) is 24.5. The molecule has 6 nitrogen and oxygen atoms in total. The third kappa shape index (κ3) is 2.23. The Morgan fingerprint density at radius 2 is 2.28 bits per heavy atom. The summed E-state index contributed by atoms with van der Waals surface area (Å²) in [5.41, 5.74) is 0.699. The molecule has 1 fully saturated rings. The van der Waals surface area contributed by atoms with E-state index in [9.17, 15) is 9.59 Å². The molecule has 1 unspecified atom stereocenters. The number of aromatic nitrogens is 1. The van der Waals surface area contributed by atoms with Crippen molar-refractivity contribution in [1.29, 1.82) is 0 Å². The number of rotatable bonds is 3. The largest absolute Gasteiger partial charge is 0.480 e. The van der Waals surface area contributed by atoms with Gasteiger partial charge in [0, 0.05) is 12.6 Å². The zero-order valence-corrected chi connectivity index (χ0v) is 10.4. The molecule has 2 rings (SSSR count). The van der Waals surface area contributed by atoms with E-state index in [1.54, 1.807) is 6.07 Å². The number of carboxylic acids is 1. The van der Waals surface area contributed by atoms with Crippen LogP contribution in [0.1, 0.15) is 48.9 Å². The average Bonchev–Trinajstić information content (AvgIpc) is 2.97. The maximum Gasteiger partial charge on any atom is 0.326 e. The molecule has 0 aromatic carbocycles. The Kier molecular flexibility index (Phi) is 3.36. The standard InChI is InChI=1S/C12H16N2O4/c1-7(2)8-6-10(18-13-8)11(15)14-5-3-4-9(14)12(16)17/h6-7,9H,3-5H2,1-2H3,(H,16,17). The van der Waals surface area contributed by atoms with Crippen LogP contribution in [0.2, 0.25) is 0 Å². The van der Waals surface area contributed by atoms with Gasteiger partial charge in [-0.15, -0.1) is 0 Å². The highest BCUT2D eigenvalue weighted by molar-refractivity contribution is 5.94. The number of likely N-dealkylation sites (tertiary alicyclic amines) is 1. The molecular formula is C12H16N2O4. The second-order valence-electron chi connectivity index (χ2n) is 4.77. The van der Waals surface area contributed by atoms with Gasteiger partial charge in [-0.1, -0.05) is 19.0 Å². The van der Waals surface area contributed by atoms with Crippen LogP contribution in [0.15, 0.2) is 10.6 Å². The van der Waals surface area contributed by atoms with Crippen LogP contribution in [0.5, 0.6) is 0 Å². The van der Waals surface area contributed by atoms with Crippen LogP contribution < -0.4 is 0 Å². The lowest BCUT2D eigenvalue weighted by atomic mass is 10.1. The average molecular weight is 252 g/mol. The number of carbonyl (C=O) groups excluding carboxylic acids is 1. The molecule has 1 aliphatic heterocycles. The van der Waals surface area contributed by atoms with Crippen LogP contribution in [0.4, 0.5) is 0 Å². The molecule has 1 amide bonds. The fourth-order valence-electron chi connectivity index (χ4n) is 2.07. The van der Waals surface area contributed by atoms with Gasteiger partial charge in [0.2, 0.25) is 5.76 Å². The topological polar surface area (TPSA) is 83.6 Å². The van der Waals surface area contributed by atoms with Crippen LogP contribution in [-0.4, -0.2) is 39.6 Å². The number of carbonyl (C=O) groups is 2. The van der Waals surface area contributed by atoms with Crippen LogP contribution in [0.25, 0.3) is 0 Å². The normalized spacial score (nSPS) is 19.5. The van der Waals surface area contributed by atoms with Crippen LogP contribution >= 0.6 is 0 Å². The molecule has 1 saturated heterocycles. The highest BCUT2D eigenvalue weighted by Gasteiger charge is 2.36. The van der Waals surface area contributed by atoms with Gasteiger partial charge in [-0.3, -0.25) is 4.79 Å². The van der Waals surface area contributed by atoms with E-state index in [-0.39, 0.29) is 17.6 Å². The van der Waals surface area contributed by atoms with Crippen LogP contribution in [0.3, 0.4) is 0 Å². The first-order valence-electron chi connectivity index (χ1n) is 6.01. The fourth-order valence-corrected chi connectivity index (χ4v) is 2.07. The zero-order chi connectivity index (χ0) is 13.3. The molecule has 1 atom stereocenters. The maximum atomic E-state index is 12.1. The molecular weight excluding hydrogens is 236 g/mol. The monoisotopic (exact) mass is 252 g/mol. The number of hydrogen-bond acceptors (Lipinski definition) is 4. The third-order valence-electron chi connectivity index (χ3n) is 3.13. The second kappa shape index (κ2) is 4.80. The number of amides is 1. The Bertz CT molecular complexity index is 466. The van der Waals surface area contributed by atoms with Gasteiger partial charge in [0.25, 0.3) is 5.91 Å². The van der Waals surface area contributed by atoms with Crippen molar-refractivity contribution in [2.45, 2.75) is 38.6 Å². The molecule has 0 spiro atoms. The minimum absolute atomic E-state index is 0.117. The lowest BCUT2D eigenvalue weighted by Crippen LogP contribution is -2.40. The molecule has 1 N–H and O–H groups in total. The molecule has 2 heterocycles. The van der Waals surface area contributed by atoms with Gasteiger partial charge >= 0.3 is 5.97 Å². The van der Waals surface area contributed by atoms with Crippen molar-refractivity contribution >= 4 is 11.9 Å². The van der Waals surface area contributed by atoms with Gasteiger partial charge in [-0.2, -0.15) is 0 Å². The van der Waals surface area contributed by atoms with E-state index in [2.05, 4.69) is 5.16 Å². The summed E-state index contributed by atoms with van der Waals surface area (Å²) in [7, 11) is 0. The molecule has 6 heteroatoms. The van der Waals surface area contributed by atoms with Gasteiger partial charge < -0.3 is 14.5 Å². The van der Waals surface area contributed by atoms with E-state index in [0.29, 0.717) is 25.1 Å². The molecule has 0 aliphatic carbocycles. The Morgan fingerprint density at radius 3 is 2.83 bits per heavy atom. The number of carboxylic acid groups (broad SMARTS) is 1.